The Balaban J connectivity index is 1.54. The molecule has 0 spiro atoms. The Morgan fingerprint density at radius 3 is 2.42 bits per heavy atom. The first-order valence-corrected chi connectivity index (χ1v) is 9.24. The molecular weight excluding hydrogens is 364 g/mol. The molecule has 0 aromatic heterocycles. The molecule has 2 aromatic carbocycles. The van der Waals surface area contributed by atoms with Gasteiger partial charge in [-0.3, -0.25) is 9.69 Å². The van der Waals surface area contributed by atoms with Gasteiger partial charge in [0.1, 0.15) is 0 Å². The van der Waals surface area contributed by atoms with Gasteiger partial charge in [0, 0.05) is 36.7 Å². The van der Waals surface area contributed by atoms with Crippen LogP contribution in [0.5, 0.6) is 0 Å². The summed E-state index contributed by atoms with van der Waals surface area (Å²) in [6, 6.07) is 19.0. The van der Waals surface area contributed by atoms with E-state index in [1.54, 1.807) is 0 Å². The number of amides is 1. The molecule has 3 rings (SSSR count). The second-order valence-corrected chi connectivity index (χ2v) is 7.23. The molecule has 1 amide bonds. The number of halogens is 1. The second-order valence-electron chi connectivity index (χ2n) is 6.31. The van der Waals surface area contributed by atoms with Crippen LogP contribution in [0.25, 0.3) is 0 Å². The molecule has 4 heteroatoms. The number of rotatable bonds is 4. The van der Waals surface area contributed by atoms with E-state index in [0.717, 1.165) is 36.2 Å². The molecule has 1 fully saturated rings. The quantitative estimate of drug-likeness (QED) is 0.795. The van der Waals surface area contributed by atoms with Crippen molar-refractivity contribution in [3.05, 3.63) is 70.2 Å². The van der Waals surface area contributed by atoms with E-state index in [4.69, 9.17) is 0 Å². The minimum absolute atomic E-state index is 0.222. The fourth-order valence-corrected chi connectivity index (χ4v) is 3.68. The van der Waals surface area contributed by atoms with Crippen LogP contribution in [0.3, 0.4) is 0 Å². The van der Waals surface area contributed by atoms with Gasteiger partial charge in [-0.05, 0) is 30.2 Å². The first-order chi connectivity index (χ1) is 11.6. The molecule has 0 aliphatic carbocycles. The lowest BCUT2D eigenvalue weighted by atomic mass is 10.1. The highest BCUT2D eigenvalue weighted by Crippen LogP contribution is 2.21. The first kappa shape index (κ1) is 17.2. The van der Waals surface area contributed by atoms with E-state index in [2.05, 4.69) is 58.1 Å². The number of carbonyl (C=O) groups excluding carboxylic acids is 1. The Hall–Kier alpha value is -1.65. The van der Waals surface area contributed by atoms with Gasteiger partial charge in [-0.2, -0.15) is 0 Å². The smallest absolute Gasteiger partial charge is 0.227 e. The zero-order valence-electron chi connectivity index (χ0n) is 14.0. The minimum Gasteiger partial charge on any atom is -0.340 e. The summed E-state index contributed by atoms with van der Waals surface area (Å²) >= 11 is 3.46. The van der Waals surface area contributed by atoms with Gasteiger partial charge in [-0.15, -0.1) is 0 Å². The van der Waals surface area contributed by atoms with Crippen LogP contribution < -0.4 is 0 Å². The van der Waals surface area contributed by atoms with Crippen LogP contribution in [0.15, 0.2) is 59.1 Å². The SMILES string of the molecule is CC(c1ccccc1)N1CCN(C(=O)Cc2cccc(Br)c2)CC1. The summed E-state index contributed by atoms with van der Waals surface area (Å²) in [5, 5.41) is 0. The Bertz CT molecular complexity index is 681. The molecular formula is C20H23BrN2O. The molecule has 24 heavy (non-hydrogen) atoms. The summed E-state index contributed by atoms with van der Waals surface area (Å²) < 4.78 is 1.02. The van der Waals surface area contributed by atoms with E-state index in [1.807, 2.05) is 29.2 Å². The van der Waals surface area contributed by atoms with E-state index in [9.17, 15) is 4.79 Å². The fourth-order valence-electron chi connectivity index (χ4n) is 3.23. The maximum Gasteiger partial charge on any atom is 0.227 e. The van der Waals surface area contributed by atoms with Crippen molar-refractivity contribution in [2.45, 2.75) is 19.4 Å². The van der Waals surface area contributed by atoms with Crippen molar-refractivity contribution in [1.29, 1.82) is 0 Å². The highest BCUT2D eigenvalue weighted by molar-refractivity contribution is 9.10. The molecule has 1 heterocycles. The summed E-state index contributed by atoms with van der Waals surface area (Å²) in [5.74, 6) is 0.222. The van der Waals surface area contributed by atoms with Crippen LogP contribution in [0, 0.1) is 0 Å². The first-order valence-electron chi connectivity index (χ1n) is 8.45. The molecule has 0 N–H and O–H groups in total. The largest absolute Gasteiger partial charge is 0.340 e. The molecule has 1 unspecified atom stereocenters. The van der Waals surface area contributed by atoms with Crippen LogP contribution >= 0.6 is 15.9 Å². The van der Waals surface area contributed by atoms with Crippen LogP contribution in [0.4, 0.5) is 0 Å². The van der Waals surface area contributed by atoms with Crippen molar-refractivity contribution in [2.24, 2.45) is 0 Å². The van der Waals surface area contributed by atoms with Crippen LogP contribution in [-0.4, -0.2) is 41.9 Å². The summed E-state index contributed by atoms with van der Waals surface area (Å²) in [4.78, 5) is 17.0. The van der Waals surface area contributed by atoms with Gasteiger partial charge in [0.2, 0.25) is 5.91 Å². The van der Waals surface area contributed by atoms with Gasteiger partial charge in [0.15, 0.2) is 0 Å². The number of piperazine rings is 1. The Labute approximate surface area is 152 Å². The molecule has 0 radical (unpaired) electrons. The third-order valence-corrected chi connectivity index (χ3v) is 5.23. The van der Waals surface area contributed by atoms with E-state index >= 15 is 0 Å². The van der Waals surface area contributed by atoms with Gasteiger partial charge in [0.05, 0.1) is 6.42 Å². The summed E-state index contributed by atoms with van der Waals surface area (Å²) in [6.07, 6.45) is 0.480. The number of nitrogens with zero attached hydrogens (tertiary/aromatic N) is 2. The van der Waals surface area contributed by atoms with Gasteiger partial charge in [-0.25, -0.2) is 0 Å². The molecule has 126 valence electrons. The van der Waals surface area contributed by atoms with E-state index in [-0.39, 0.29) is 5.91 Å². The summed E-state index contributed by atoms with van der Waals surface area (Å²) in [5.41, 5.74) is 2.40. The lowest BCUT2D eigenvalue weighted by Crippen LogP contribution is -2.49. The average Bonchev–Trinajstić information content (AvgIpc) is 2.62. The molecule has 1 saturated heterocycles. The predicted molar refractivity (Wildman–Crippen MR) is 101 cm³/mol. The third-order valence-electron chi connectivity index (χ3n) is 4.74. The minimum atomic E-state index is 0.222. The zero-order valence-corrected chi connectivity index (χ0v) is 15.6. The summed E-state index contributed by atoms with van der Waals surface area (Å²) in [6.45, 7) is 5.73. The number of hydrogen-bond donors (Lipinski definition) is 0. The Morgan fingerprint density at radius 1 is 1.04 bits per heavy atom. The second kappa shape index (κ2) is 7.95. The van der Waals surface area contributed by atoms with Gasteiger partial charge >= 0.3 is 0 Å². The number of hydrogen-bond acceptors (Lipinski definition) is 2. The maximum atomic E-state index is 12.5. The van der Waals surface area contributed by atoms with Crippen LogP contribution in [0.2, 0.25) is 0 Å². The van der Waals surface area contributed by atoms with Gasteiger partial charge in [-0.1, -0.05) is 58.4 Å². The Morgan fingerprint density at radius 2 is 1.75 bits per heavy atom. The van der Waals surface area contributed by atoms with Gasteiger partial charge in [0.25, 0.3) is 0 Å². The third kappa shape index (κ3) is 4.25. The highest BCUT2D eigenvalue weighted by atomic mass is 79.9. The molecule has 0 bridgehead atoms. The van der Waals surface area contributed by atoms with E-state index in [0.29, 0.717) is 12.5 Å². The summed E-state index contributed by atoms with van der Waals surface area (Å²) in [7, 11) is 0. The van der Waals surface area contributed by atoms with E-state index < -0.39 is 0 Å². The standard InChI is InChI=1S/C20H23BrN2O/c1-16(18-7-3-2-4-8-18)22-10-12-23(13-11-22)20(24)15-17-6-5-9-19(21)14-17/h2-9,14,16H,10-13,15H2,1H3. The van der Waals surface area contributed by atoms with Crippen molar-refractivity contribution < 1.29 is 4.79 Å². The lowest BCUT2D eigenvalue weighted by Gasteiger charge is -2.38. The van der Waals surface area contributed by atoms with Crippen molar-refractivity contribution >= 4 is 21.8 Å². The van der Waals surface area contributed by atoms with Crippen molar-refractivity contribution in [2.75, 3.05) is 26.2 Å². The van der Waals surface area contributed by atoms with Crippen molar-refractivity contribution in [3.8, 4) is 0 Å². The topological polar surface area (TPSA) is 23.6 Å². The van der Waals surface area contributed by atoms with Gasteiger partial charge < -0.3 is 4.90 Å². The number of benzene rings is 2. The van der Waals surface area contributed by atoms with Crippen LogP contribution in [0.1, 0.15) is 24.1 Å². The monoisotopic (exact) mass is 386 g/mol. The van der Waals surface area contributed by atoms with Crippen molar-refractivity contribution in [3.63, 3.8) is 0 Å². The normalized spacial score (nSPS) is 16.8. The Kier molecular flexibility index (Phi) is 5.69. The number of carbonyl (C=O) groups is 1. The van der Waals surface area contributed by atoms with Crippen LogP contribution in [-0.2, 0) is 11.2 Å². The molecule has 1 atom stereocenters. The highest BCUT2D eigenvalue weighted by Gasteiger charge is 2.24. The molecule has 2 aromatic rings. The van der Waals surface area contributed by atoms with E-state index in [1.165, 1.54) is 5.56 Å². The molecule has 3 nitrogen and oxygen atoms in total. The maximum absolute atomic E-state index is 12.5. The molecule has 1 aliphatic rings. The zero-order chi connectivity index (χ0) is 16.9. The lowest BCUT2D eigenvalue weighted by molar-refractivity contribution is -0.132. The fraction of sp³-hybridized carbons (Fsp3) is 0.350. The van der Waals surface area contributed by atoms with Crippen molar-refractivity contribution in [1.82, 2.24) is 9.80 Å². The predicted octanol–water partition coefficient (Wildman–Crippen LogP) is 3.90. The molecule has 1 aliphatic heterocycles. The average molecular weight is 387 g/mol. The molecule has 0 saturated carbocycles.